The molecule has 0 aliphatic carbocycles. The van der Waals surface area contributed by atoms with Gasteiger partial charge in [0.2, 0.25) is 0 Å². The summed E-state index contributed by atoms with van der Waals surface area (Å²) in [6.45, 7) is 4.81. The van der Waals surface area contributed by atoms with Gasteiger partial charge in [-0.05, 0) is 55.3 Å². The van der Waals surface area contributed by atoms with Gasteiger partial charge < -0.3 is 19.9 Å². The molecule has 0 spiro atoms. The van der Waals surface area contributed by atoms with E-state index < -0.39 is 0 Å². The van der Waals surface area contributed by atoms with Crippen molar-refractivity contribution in [1.82, 2.24) is 4.90 Å². The molecule has 0 bridgehead atoms. The number of likely N-dealkylation sites (tertiary alicyclic amines) is 1. The Balaban J connectivity index is 1.41. The number of nitrogens with one attached hydrogen (secondary N) is 1. The van der Waals surface area contributed by atoms with Crippen LogP contribution >= 0.6 is 0 Å². The molecule has 1 N–H and O–H groups in total. The van der Waals surface area contributed by atoms with E-state index in [1.165, 1.54) is 0 Å². The third kappa shape index (κ3) is 4.17. The van der Waals surface area contributed by atoms with Crippen molar-refractivity contribution in [2.45, 2.75) is 12.8 Å². The molecule has 2 aromatic carbocycles. The first-order chi connectivity index (χ1) is 13.7. The van der Waals surface area contributed by atoms with Crippen molar-refractivity contribution in [2.24, 2.45) is 0 Å². The zero-order valence-corrected chi connectivity index (χ0v) is 15.9. The van der Waals surface area contributed by atoms with Crippen molar-refractivity contribution in [3.63, 3.8) is 0 Å². The van der Waals surface area contributed by atoms with Crippen molar-refractivity contribution < 1.29 is 14.3 Å². The van der Waals surface area contributed by atoms with Gasteiger partial charge in [0.25, 0.3) is 11.8 Å². The number of rotatable bonds is 4. The average Bonchev–Trinajstić information content (AvgIpc) is 3.29. The molecule has 2 aliphatic rings. The van der Waals surface area contributed by atoms with E-state index in [4.69, 9.17) is 4.74 Å². The SMILES string of the molecule is O=C(Nc1cccc(C(=O)N2CCCC2)c1)c1ccc(N2CCOCC2)cc1. The van der Waals surface area contributed by atoms with E-state index in [9.17, 15) is 9.59 Å². The van der Waals surface area contributed by atoms with Crippen LogP contribution in [0.2, 0.25) is 0 Å². The molecular formula is C22H25N3O3. The van der Waals surface area contributed by atoms with Gasteiger partial charge in [-0.2, -0.15) is 0 Å². The Kier molecular flexibility index (Phi) is 5.58. The first kappa shape index (κ1) is 18.5. The smallest absolute Gasteiger partial charge is 0.255 e. The van der Waals surface area contributed by atoms with Crippen LogP contribution in [0.3, 0.4) is 0 Å². The van der Waals surface area contributed by atoms with Crippen LogP contribution in [-0.4, -0.2) is 56.1 Å². The van der Waals surface area contributed by atoms with Gasteiger partial charge in [-0.25, -0.2) is 0 Å². The number of carbonyl (C=O) groups excluding carboxylic acids is 2. The molecule has 2 aromatic rings. The largest absolute Gasteiger partial charge is 0.378 e. The van der Waals surface area contributed by atoms with Crippen LogP contribution in [-0.2, 0) is 4.74 Å². The summed E-state index contributed by atoms with van der Waals surface area (Å²) in [6, 6.07) is 14.8. The molecule has 28 heavy (non-hydrogen) atoms. The van der Waals surface area contributed by atoms with E-state index in [2.05, 4.69) is 10.2 Å². The maximum Gasteiger partial charge on any atom is 0.255 e. The second-order valence-electron chi connectivity index (χ2n) is 7.18. The van der Waals surface area contributed by atoms with Crippen LogP contribution in [0.1, 0.15) is 33.6 Å². The Hall–Kier alpha value is -2.86. The summed E-state index contributed by atoms with van der Waals surface area (Å²) in [5, 5.41) is 2.90. The Bertz CT molecular complexity index is 838. The summed E-state index contributed by atoms with van der Waals surface area (Å²) in [6.07, 6.45) is 2.12. The minimum atomic E-state index is -0.181. The second kappa shape index (κ2) is 8.44. The molecule has 0 aromatic heterocycles. The first-order valence-corrected chi connectivity index (χ1v) is 9.84. The number of morpholine rings is 1. The third-order valence-electron chi connectivity index (χ3n) is 5.27. The molecule has 2 amide bonds. The van der Waals surface area contributed by atoms with Gasteiger partial charge in [0, 0.05) is 48.7 Å². The summed E-state index contributed by atoms with van der Waals surface area (Å²) < 4.78 is 5.38. The van der Waals surface area contributed by atoms with E-state index in [0.717, 1.165) is 57.9 Å². The number of benzene rings is 2. The number of nitrogens with zero attached hydrogens (tertiary/aromatic N) is 2. The monoisotopic (exact) mass is 379 g/mol. The number of ether oxygens (including phenoxy) is 1. The van der Waals surface area contributed by atoms with Gasteiger partial charge in [-0.3, -0.25) is 9.59 Å². The zero-order chi connectivity index (χ0) is 19.3. The highest BCUT2D eigenvalue weighted by atomic mass is 16.5. The first-order valence-electron chi connectivity index (χ1n) is 9.84. The summed E-state index contributed by atoms with van der Waals surface area (Å²) in [7, 11) is 0. The minimum absolute atomic E-state index is 0.0310. The summed E-state index contributed by atoms with van der Waals surface area (Å²) in [5.41, 5.74) is 2.93. The standard InChI is InChI=1S/C22H25N3O3/c26-21(17-6-8-20(9-7-17)24-12-14-28-15-13-24)23-19-5-3-4-18(16-19)22(27)25-10-1-2-11-25/h3-9,16H,1-2,10-15H2,(H,23,26). The normalized spacial score (nSPS) is 16.9. The number of carbonyl (C=O) groups is 2. The number of hydrogen-bond acceptors (Lipinski definition) is 4. The number of amides is 2. The lowest BCUT2D eigenvalue weighted by Gasteiger charge is -2.28. The summed E-state index contributed by atoms with van der Waals surface area (Å²) in [5.74, 6) is -0.150. The Morgan fingerprint density at radius 3 is 2.29 bits per heavy atom. The van der Waals surface area contributed by atoms with E-state index in [1.54, 1.807) is 24.3 Å². The van der Waals surface area contributed by atoms with E-state index >= 15 is 0 Å². The van der Waals surface area contributed by atoms with Crippen LogP contribution in [0.15, 0.2) is 48.5 Å². The average molecular weight is 379 g/mol. The number of hydrogen-bond donors (Lipinski definition) is 1. The molecule has 6 heteroatoms. The molecule has 0 radical (unpaired) electrons. The fraction of sp³-hybridized carbons (Fsp3) is 0.364. The van der Waals surface area contributed by atoms with Gasteiger partial charge in [-0.1, -0.05) is 6.07 Å². The van der Waals surface area contributed by atoms with Crippen molar-refractivity contribution in [2.75, 3.05) is 49.6 Å². The molecule has 2 aliphatic heterocycles. The molecule has 6 nitrogen and oxygen atoms in total. The van der Waals surface area contributed by atoms with Crippen LogP contribution in [0.25, 0.3) is 0 Å². The van der Waals surface area contributed by atoms with Crippen molar-refractivity contribution in [3.8, 4) is 0 Å². The van der Waals surface area contributed by atoms with Crippen molar-refractivity contribution >= 4 is 23.2 Å². The third-order valence-corrected chi connectivity index (χ3v) is 5.27. The molecule has 0 unspecified atom stereocenters. The molecule has 146 valence electrons. The molecule has 0 saturated carbocycles. The van der Waals surface area contributed by atoms with Gasteiger partial charge >= 0.3 is 0 Å². The van der Waals surface area contributed by atoms with E-state index in [0.29, 0.717) is 16.8 Å². The predicted molar refractivity (Wildman–Crippen MR) is 109 cm³/mol. The summed E-state index contributed by atoms with van der Waals surface area (Å²) >= 11 is 0. The Morgan fingerprint density at radius 1 is 0.857 bits per heavy atom. The highest BCUT2D eigenvalue weighted by molar-refractivity contribution is 6.05. The van der Waals surface area contributed by atoms with Crippen molar-refractivity contribution in [3.05, 3.63) is 59.7 Å². The van der Waals surface area contributed by atoms with Crippen molar-refractivity contribution in [1.29, 1.82) is 0 Å². The fourth-order valence-corrected chi connectivity index (χ4v) is 3.68. The number of anilines is 2. The van der Waals surface area contributed by atoms with Gasteiger partial charge in [0.05, 0.1) is 13.2 Å². The van der Waals surface area contributed by atoms with E-state index in [-0.39, 0.29) is 11.8 Å². The molecular weight excluding hydrogens is 354 g/mol. The zero-order valence-electron chi connectivity index (χ0n) is 15.9. The maximum absolute atomic E-state index is 12.6. The second-order valence-corrected chi connectivity index (χ2v) is 7.18. The van der Waals surface area contributed by atoms with E-state index in [1.807, 2.05) is 29.2 Å². The van der Waals surface area contributed by atoms with Crippen LogP contribution in [0, 0.1) is 0 Å². The predicted octanol–water partition coefficient (Wildman–Crippen LogP) is 3.01. The minimum Gasteiger partial charge on any atom is -0.378 e. The Labute approximate surface area is 165 Å². The van der Waals surface area contributed by atoms with Gasteiger partial charge in [-0.15, -0.1) is 0 Å². The maximum atomic E-state index is 12.6. The lowest BCUT2D eigenvalue weighted by atomic mass is 10.1. The van der Waals surface area contributed by atoms with Crippen LogP contribution in [0.4, 0.5) is 11.4 Å². The van der Waals surface area contributed by atoms with Crippen LogP contribution in [0.5, 0.6) is 0 Å². The highest BCUT2D eigenvalue weighted by Crippen LogP contribution is 2.19. The molecule has 2 heterocycles. The van der Waals surface area contributed by atoms with Gasteiger partial charge in [0.15, 0.2) is 0 Å². The molecule has 4 rings (SSSR count). The van der Waals surface area contributed by atoms with Crippen LogP contribution < -0.4 is 10.2 Å². The molecule has 0 atom stereocenters. The lowest BCUT2D eigenvalue weighted by molar-refractivity contribution is 0.0792. The topological polar surface area (TPSA) is 61.9 Å². The molecule has 2 fully saturated rings. The quantitative estimate of drug-likeness (QED) is 0.887. The molecule has 2 saturated heterocycles. The Morgan fingerprint density at radius 2 is 1.57 bits per heavy atom. The summed E-state index contributed by atoms with van der Waals surface area (Å²) in [4.78, 5) is 29.3. The highest BCUT2D eigenvalue weighted by Gasteiger charge is 2.20. The fourth-order valence-electron chi connectivity index (χ4n) is 3.68. The van der Waals surface area contributed by atoms with Gasteiger partial charge in [0.1, 0.15) is 0 Å². The lowest BCUT2D eigenvalue weighted by Crippen LogP contribution is -2.36.